The van der Waals surface area contributed by atoms with E-state index in [2.05, 4.69) is 12.1 Å². The molecule has 0 heterocycles. The highest BCUT2D eigenvalue weighted by molar-refractivity contribution is 7.99. The van der Waals surface area contributed by atoms with Crippen LogP contribution >= 0.6 is 35.0 Å². The summed E-state index contributed by atoms with van der Waals surface area (Å²) in [6.07, 6.45) is 10.2. The van der Waals surface area contributed by atoms with Crippen molar-refractivity contribution in [2.24, 2.45) is 23.7 Å². The zero-order chi connectivity index (χ0) is 30.7. The molecule has 0 saturated heterocycles. The Balaban J connectivity index is 0.000000181. The van der Waals surface area contributed by atoms with E-state index in [1.165, 1.54) is 36.3 Å². The van der Waals surface area contributed by atoms with Crippen LogP contribution in [-0.2, 0) is 41.7 Å². The zero-order valence-electron chi connectivity index (χ0n) is 24.6. The van der Waals surface area contributed by atoms with Gasteiger partial charge in [-0.15, -0.1) is 35.0 Å². The van der Waals surface area contributed by atoms with E-state index < -0.39 is 9.84 Å². The predicted molar refractivity (Wildman–Crippen MR) is 172 cm³/mol. The normalized spacial score (nSPS) is 17.5. The molecule has 4 fully saturated rings. The standard InChI is InChI=1S/C16H20O4S.C16H20O2S.CH2Cl2/c17-16(20-10-13-1-2-13)9-12-5-7-15(8-6-12)21(18,19)11-14-3-4-14;17-16(18-10-13-1-2-13)9-12-5-7-15(8-6-12)19-11-14-3-4-14;2-1-3/h5-8,13-14H,1-4,9-11H2;5-8,13-14H,1-4,9-11H2;1H2. The van der Waals surface area contributed by atoms with E-state index in [1.54, 1.807) is 24.3 Å². The van der Waals surface area contributed by atoms with Gasteiger partial charge in [0, 0.05) is 10.6 Å². The van der Waals surface area contributed by atoms with Crippen molar-refractivity contribution in [3.05, 3.63) is 59.7 Å². The van der Waals surface area contributed by atoms with E-state index in [-0.39, 0.29) is 29.5 Å². The van der Waals surface area contributed by atoms with Crippen molar-refractivity contribution in [3.63, 3.8) is 0 Å². The van der Waals surface area contributed by atoms with E-state index in [9.17, 15) is 18.0 Å². The molecule has 0 atom stereocenters. The summed E-state index contributed by atoms with van der Waals surface area (Å²) < 4.78 is 34.6. The number of benzene rings is 2. The first kappa shape index (κ1) is 34.1. The van der Waals surface area contributed by atoms with Gasteiger partial charge in [-0.1, -0.05) is 24.3 Å². The molecular weight excluding hydrogens is 627 g/mol. The van der Waals surface area contributed by atoms with Gasteiger partial charge in [-0.2, -0.15) is 0 Å². The van der Waals surface area contributed by atoms with Crippen molar-refractivity contribution in [3.8, 4) is 0 Å². The van der Waals surface area contributed by atoms with Gasteiger partial charge in [0.2, 0.25) is 0 Å². The van der Waals surface area contributed by atoms with Crippen LogP contribution in [0.4, 0.5) is 0 Å². The summed E-state index contributed by atoms with van der Waals surface area (Å²) in [5, 5.41) is 0.194. The van der Waals surface area contributed by atoms with Gasteiger partial charge in [0.1, 0.15) is 0 Å². The molecule has 236 valence electrons. The fourth-order valence-electron chi connectivity index (χ4n) is 4.13. The Labute approximate surface area is 270 Å². The topological polar surface area (TPSA) is 86.7 Å². The number of alkyl halides is 2. The highest BCUT2D eigenvalue weighted by atomic mass is 35.5. The maximum Gasteiger partial charge on any atom is 0.310 e. The largest absolute Gasteiger partial charge is 0.465 e. The second-order valence-electron chi connectivity index (χ2n) is 12.0. The summed E-state index contributed by atoms with van der Waals surface area (Å²) in [6, 6.07) is 15.0. The number of hydrogen-bond acceptors (Lipinski definition) is 7. The molecule has 0 bridgehead atoms. The van der Waals surface area contributed by atoms with E-state index in [0.29, 0.717) is 42.3 Å². The van der Waals surface area contributed by atoms with Crippen LogP contribution in [0.3, 0.4) is 0 Å². The molecular formula is C33H42Cl2O6S2. The lowest BCUT2D eigenvalue weighted by atomic mass is 10.1. The minimum absolute atomic E-state index is 0.0923. The number of carbonyl (C=O) groups excluding carboxylic acids is 2. The first-order valence-electron chi connectivity index (χ1n) is 15.2. The minimum Gasteiger partial charge on any atom is -0.465 e. The summed E-state index contributed by atoms with van der Waals surface area (Å²) in [4.78, 5) is 24.9. The van der Waals surface area contributed by atoms with Crippen molar-refractivity contribution < 1.29 is 27.5 Å². The lowest BCUT2D eigenvalue weighted by Crippen LogP contribution is -2.11. The molecule has 0 aliphatic heterocycles. The molecule has 6 rings (SSSR count). The number of sulfone groups is 1. The van der Waals surface area contributed by atoms with Gasteiger partial charge < -0.3 is 9.47 Å². The monoisotopic (exact) mass is 668 g/mol. The van der Waals surface area contributed by atoms with Crippen molar-refractivity contribution in [2.45, 2.75) is 74.0 Å². The van der Waals surface area contributed by atoms with Crippen molar-refractivity contribution in [2.75, 3.05) is 30.1 Å². The van der Waals surface area contributed by atoms with Gasteiger partial charge in [0.05, 0.1) is 42.0 Å². The van der Waals surface area contributed by atoms with Crippen LogP contribution in [0, 0.1) is 23.7 Å². The number of hydrogen-bond donors (Lipinski definition) is 0. The van der Waals surface area contributed by atoms with Crippen LogP contribution in [0.1, 0.15) is 62.5 Å². The molecule has 6 nitrogen and oxygen atoms in total. The number of halogens is 2. The highest BCUT2D eigenvalue weighted by Gasteiger charge is 2.29. The van der Waals surface area contributed by atoms with Crippen molar-refractivity contribution in [1.29, 1.82) is 0 Å². The number of carbonyl (C=O) groups is 2. The lowest BCUT2D eigenvalue weighted by molar-refractivity contribution is -0.144. The number of thioether (sulfide) groups is 1. The molecule has 10 heteroatoms. The summed E-state index contributed by atoms with van der Waals surface area (Å²) in [7, 11) is -3.17. The van der Waals surface area contributed by atoms with Gasteiger partial charge in [-0.25, -0.2) is 8.42 Å². The van der Waals surface area contributed by atoms with Gasteiger partial charge in [0.25, 0.3) is 0 Å². The minimum atomic E-state index is -3.17. The summed E-state index contributed by atoms with van der Waals surface area (Å²) in [5.74, 6) is 3.64. The summed E-state index contributed by atoms with van der Waals surface area (Å²) in [6.45, 7) is 1.14. The Morgan fingerprint density at radius 3 is 1.51 bits per heavy atom. The smallest absolute Gasteiger partial charge is 0.310 e. The Morgan fingerprint density at radius 1 is 0.674 bits per heavy atom. The van der Waals surface area contributed by atoms with Gasteiger partial charge in [-0.3, -0.25) is 9.59 Å². The number of ether oxygens (including phenoxy) is 2. The molecule has 2 aromatic carbocycles. The quantitative estimate of drug-likeness (QED) is 0.117. The van der Waals surface area contributed by atoms with Crippen LogP contribution in [-0.4, -0.2) is 50.4 Å². The molecule has 0 unspecified atom stereocenters. The maximum atomic E-state index is 12.1. The molecule has 43 heavy (non-hydrogen) atoms. The molecule has 4 aliphatic carbocycles. The number of esters is 2. The third-order valence-corrected chi connectivity index (χ3v) is 10.7. The molecule has 0 radical (unpaired) electrons. The van der Waals surface area contributed by atoms with Crippen LogP contribution in [0.5, 0.6) is 0 Å². The average Bonchev–Trinajstić information content (AvgIpc) is 3.81. The van der Waals surface area contributed by atoms with Gasteiger partial charge >= 0.3 is 11.9 Å². The molecule has 0 amide bonds. The summed E-state index contributed by atoms with van der Waals surface area (Å²) in [5.41, 5.74) is 1.85. The van der Waals surface area contributed by atoms with Crippen LogP contribution in [0.2, 0.25) is 0 Å². The van der Waals surface area contributed by atoms with E-state index in [4.69, 9.17) is 32.7 Å². The third kappa shape index (κ3) is 14.3. The Morgan fingerprint density at radius 2 is 1.09 bits per heavy atom. The second kappa shape index (κ2) is 17.1. The Hall–Kier alpha value is -1.74. The van der Waals surface area contributed by atoms with Crippen molar-refractivity contribution >= 4 is 56.7 Å². The third-order valence-electron chi connectivity index (χ3n) is 7.59. The maximum absolute atomic E-state index is 12.1. The SMILES string of the molecule is ClCCl.O=C(Cc1ccc(S(=O)(=O)CC2CC2)cc1)OCC1CC1.O=C(Cc1ccc(SCC2CC2)cc1)OCC1CC1. The molecule has 0 spiro atoms. The highest BCUT2D eigenvalue weighted by Crippen LogP contribution is 2.35. The van der Waals surface area contributed by atoms with Crippen LogP contribution in [0.15, 0.2) is 58.3 Å². The number of rotatable bonds is 14. The Kier molecular flexibility index (Phi) is 13.6. The fraction of sp³-hybridized carbons (Fsp3) is 0.576. The van der Waals surface area contributed by atoms with Crippen LogP contribution < -0.4 is 0 Å². The van der Waals surface area contributed by atoms with E-state index >= 15 is 0 Å². The second-order valence-corrected chi connectivity index (χ2v) is 15.9. The Bertz CT molecular complexity index is 1270. The molecule has 4 aliphatic rings. The predicted octanol–water partition coefficient (Wildman–Crippen LogP) is 7.47. The first-order valence-corrected chi connectivity index (χ1v) is 18.9. The van der Waals surface area contributed by atoms with E-state index in [1.807, 2.05) is 23.9 Å². The summed E-state index contributed by atoms with van der Waals surface area (Å²) >= 11 is 11.5. The molecule has 2 aromatic rings. The fourth-order valence-corrected chi connectivity index (χ4v) is 6.92. The van der Waals surface area contributed by atoms with Gasteiger partial charge in [-0.05, 0) is 110 Å². The lowest BCUT2D eigenvalue weighted by Gasteiger charge is -2.06. The first-order chi connectivity index (χ1) is 20.7. The van der Waals surface area contributed by atoms with Gasteiger partial charge in [0.15, 0.2) is 9.84 Å². The van der Waals surface area contributed by atoms with Crippen LogP contribution in [0.25, 0.3) is 0 Å². The molecule has 4 saturated carbocycles. The van der Waals surface area contributed by atoms with Crippen molar-refractivity contribution in [1.82, 2.24) is 0 Å². The average molecular weight is 670 g/mol. The van der Waals surface area contributed by atoms with E-state index in [0.717, 1.165) is 42.7 Å². The molecule has 0 aromatic heterocycles. The molecule has 0 N–H and O–H groups in total. The zero-order valence-corrected chi connectivity index (χ0v) is 27.7.